The van der Waals surface area contributed by atoms with Crippen LogP contribution in [0.1, 0.15) is 43.8 Å². The summed E-state index contributed by atoms with van der Waals surface area (Å²) in [5, 5.41) is 12.2. The molecule has 1 N–H and O–H groups in total. The number of nitrogens with one attached hydrogen (secondary N) is 1. The van der Waals surface area contributed by atoms with Crippen LogP contribution in [-0.2, 0) is 19.5 Å². The maximum absolute atomic E-state index is 4.41. The third-order valence-corrected chi connectivity index (χ3v) is 4.50. The zero-order valence-corrected chi connectivity index (χ0v) is 11.9. The van der Waals surface area contributed by atoms with Gasteiger partial charge in [0.1, 0.15) is 11.6 Å². The summed E-state index contributed by atoms with van der Waals surface area (Å²) in [6.07, 6.45) is 7.47. The molecule has 19 heavy (non-hydrogen) atoms. The zero-order valence-electron chi connectivity index (χ0n) is 11.9. The maximum atomic E-state index is 4.41. The molecule has 2 aliphatic heterocycles. The van der Waals surface area contributed by atoms with Gasteiger partial charge in [-0.3, -0.25) is 4.90 Å². The molecule has 0 aliphatic carbocycles. The lowest BCUT2D eigenvalue weighted by molar-refractivity contribution is 0.208. The predicted molar refractivity (Wildman–Crippen MR) is 74.9 cm³/mol. The number of hydrogen-bond acceptors (Lipinski definition) is 4. The fourth-order valence-corrected chi connectivity index (χ4v) is 3.28. The first kappa shape index (κ1) is 13.1. The van der Waals surface area contributed by atoms with Crippen molar-refractivity contribution in [3.8, 4) is 0 Å². The Morgan fingerprint density at radius 3 is 3.11 bits per heavy atom. The summed E-state index contributed by atoms with van der Waals surface area (Å²) in [5.41, 5.74) is 0. The van der Waals surface area contributed by atoms with Gasteiger partial charge >= 0.3 is 0 Å². The molecule has 5 nitrogen and oxygen atoms in total. The van der Waals surface area contributed by atoms with Gasteiger partial charge in [-0.05, 0) is 52.2 Å². The second-order valence-electron chi connectivity index (χ2n) is 5.89. The quantitative estimate of drug-likeness (QED) is 0.890. The van der Waals surface area contributed by atoms with Gasteiger partial charge < -0.3 is 9.88 Å². The molecule has 1 aromatic rings. The zero-order chi connectivity index (χ0) is 13.1. The van der Waals surface area contributed by atoms with E-state index in [4.69, 9.17) is 0 Å². The highest BCUT2D eigenvalue weighted by Crippen LogP contribution is 2.18. The van der Waals surface area contributed by atoms with E-state index in [1.54, 1.807) is 0 Å². The Labute approximate surface area is 115 Å². The molecule has 0 radical (unpaired) electrons. The van der Waals surface area contributed by atoms with Crippen molar-refractivity contribution in [3.05, 3.63) is 11.6 Å². The Bertz CT molecular complexity index is 406. The van der Waals surface area contributed by atoms with Gasteiger partial charge in [0.15, 0.2) is 0 Å². The van der Waals surface area contributed by atoms with Crippen LogP contribution in [0.3, 0.4) is 0 Å². The third-order valence-electron chi connectivity index (χ3n) is 4.50. The first-order valence-electron chi connectivity index (χ1n) is 7.66. The summed E-state index contributed by atoms with van der Waals surface area (Å²) in [7, 11) is 2.24. The van der Waals surface area contributed by atoms with Crippen molar-refractivity contribution in [1.29, 1.82) is 0 Å². The molecule has 106 valence electrons. The summed E-state index contributed by atoms with van der Waals surface area (Å²) < 4.78 is 2.34. The van der Waals surface area contributed by atoms with Crippen LogP contribution in [0.5, 0.6) is 0 Å². The van der Waals surface area contributed by atoms with E-state index in [0.717, 1.165) is 31.9 Å². The van der Waals surface area contributed by atoms with Crippen molar-refractivity contribution in [2.45, 2.75) is 57.7 Å². The fourth-order valence-electron chi connectivity index (χ4n) is 3.28. The van der Waals surface area contributed by atoms with E-state index in [-0.39, 0.29) is 0 Å². The number of aromatic nitrogens is 3. The molecule has 0 saturated carbocycles. The number of nitrogens with zero attached hydrogens (tertiary/aromatic N) is 4. The van der Waals surface area contributed by atoms with Crippen molar-refractivity contribution in [1.82, 2.24) is 25.0 Å². The van der Waals surface area contributed by atoms with Gasteiger partial charge in [0.2, 0.25) is 0 Å². The maximum Gasteiger partial charge on any atom is 0.147 e. The Morgan fingerprint density at radius 1 is 1.21 bits per heavy atom. The average molecular weight is 263 g/mol. The van der Waals surface area contributed by atoms with Gasteiger partial charge in [-0.15, -0.1) is 10.2 Å². The SMILES string of the molecule is CN(Cc1nnc2n1CCCC2)C1CCCNCC1. The van der Waals surface area contributed by atoms with Crippen LogP contribution in [0.25, 0.3) is 0 Å². The second-order valence-corrected chi connectivity index (χ2v) is 5.89. The number of aryl methyl sites for hydroxylation is 1. The van der Waals surface area contributed by atoms with Gasteiger partial charge in [0.25, 0.3) is 0 Å². The third kappa shape index (κ3) is 2.98. The molecule has 3 rings (SSSR count). The molecular weight excluding hydrogens is 238 g/mol. The van der Waals surface area contributed by atoms with Crippen LogP contribution >= 0.6 is 0 Å². The minimum absolute atomic E-state index is 0.687. The monoisotopic (exact) mass is 263 g/mol. The van der Waals surface area contributed by atoms with Crippen molar-refractivity contribution in [3.63, 3.8) is 0 Å². The average Bonchev–Trinajstić information content (AvgIpc) is 2.66. The predicted octanol–water partition coefficient (Wildman–Crippen LogP) is 1.19. The van der Waals surface area contributed by atoms with Gasteiger partial charge in [-0.25, -0.2) is 0 Å². The van der Waals surface area contributed by atoms with Crippen molar-refractivity contribution < 1.29 is 0 Å². The Balaban J connectivity index is 1.65. The molecule has 1 fully saturated rings. The van der Waals surface area contributed by atoms with Gasteiger partial charge in [-0.2, -0.15) is 0 Å². The highest BCUT2D eigenvalue weighted by atomic mass is 15.3. The Morgan fingerprint density at radius 2 is 2.16 bits per heavy atom. The Hall–Kier alpha value is -0.940. The first-order valence-corrected chi connectivity index (χ1v) is 7.66. The van der Waals surface area contributed by atoms with Crippen LogP contribution in [0, 0.1) is 0 Å². The molecule has 0 spiro atoms. The highest BCUT2D eigenvalue weighted by Gasteiger charge is 2.21. The molecule has 0 aromatic carbocycles. The molecule has 3 heterocycles. The minimum Gasteiger partial charge on any atom is -0.317 e. The minimum atomic E-state index is 0.687. The molecule has 1 aromatic heterocycles. The lowest BCUT2D eigenvalue weighted by Crippen LogP contribution is -2.33. The second kappa shape index (κ2) is 6.01. The molecule has 0 bridgehead atoms. The fraction of sp³-hybridized carbons (Fsp3) is 0.857. The first-order chi connectivity index (χ1) is 9.34. The van der Waals surface area contributed by atoms with E-state index in [9.17, 15) is 0 Å². The van der Waals surface area contributed by atoms with E-state index >= 15 is 0 Å². The molecule has 1 unspecified atom stereocenters. The summed E-state index contributed by atoms with van der Waals surface area (Å²) >= 11 is 0. The van der Waals surface area contributed by atoms with Crippen LogP contribution in [-0.4, -0.2) is 45.8 Å². The van der Waals surface area contributed by atoms with Gasteiger partial charge in [0, 0.05) is 19.0 Å². The van der Waals surface area contributed by atoms with E-state index in [1.807, 2.05) is 0 Å². The van der Waals surface area contributed by atoms with Crippen LogP contribution in [0.15, 0.2) is 0 Å². The van der Waals surface area contributed by atoms with Gasteiger partial charge in [-0.1, -0.05) is 0 Å². The summed E-state index contributed by atoms with van der Waals surface area (Å²) in [4.78, 5) is 2.47. The van der Waals surface area contributed by atoms with E-state index in [1.165, 1.54) is 44.5 Å². The van der Waals surface area contributed by atoms with Crippen molar-refractivity contribution in [2.24, 2.45) is 0 Å². The lowest BCUT2D eigenvalue weighted by atomic mass is 10.1. The largest absolute Gasteiger partial charge is 0.317 e. The van der Waals surface area contributed by atoms with Crippen molar-refractivity contribution in [2.75, 3.05) is 20.1 Å². The number of fused-ring (bicyclic) bond motifs is 1. The topological polar surface area (TPSA) is 46.0 Å². The molecule has 0 amide bonds. The standard InChI is InChI=1S/C14H25N5/c1-18(12-5-4-8-15-9-7-12)11-14-17-16-13-6-2-3-10-19(13)14/h12,15H,2-11H2,1H3. The summed E-state index contributed by atoms with van der Waals surface area (Å²) in [5.74, 6) is 2.35. The summed E-state index contributed by atoms with van der Waals surface area (Å²) in [6.45, 7) is 4.37. The lowest BCUT2D eigenvalue weighted by Gasteiger charge is -2.27. The molecule has 1 saturated heterocycles. The van der Waals surface area contributed by atoms with E-state index in [2.05, 4.69) is 32.0 Å². The van der Waals surface area contributed by atoms with E-state index < -0.39 is 0 Å². The number of hydrogen-bond donors (Lipinski definition) is 1. The van der Waals surface area contributed by atoms with Crippen molar-refractivity contribution >= 4 is 0 Å². The summed E-state index contributed by atoms with van der Waals surface area (Å²) in [6, 6.07) is 0.687. The molecule has 1 atom stereocenters. The van der Waals surface area contributed by atoms with Crippen LogP contribution < -0.4 is 5.32 Å². The normalized spacial score (nSPS) is 24.2. The smallest absolute Gasteiger partial charge is 0.147 e. The number of rotatable bonds is 3. The molecule has 5 heteroatoms. The van der Waals surface area contributed by atoms with Gasteiger partial charge in [0.05, 0.1) is 6.54 Å². The van der Waals surface area contributed by atoms with Crippen LogP contribution in [0.4, 0.5) is 0 Å². The highest BCUT2D eigenvalue weighted by molar-refractivity contribution is 4.99. The van der Waals surface area contributed by atoms with Crippen LogP contribution in [0.2, 0.25) is 0 Å². The molecular formula is C14H25N5. The molecule has 2 aliphatic rings. The Kier molecular flexibility index (Phi) is 4.13. The van der Waals surface area contributed by atoms with E-state index in [0.29, 0.717) is 6.04 Å².